The fourth-order valence-electron chi connectivity index (χ4n) is 1.18. The first-order valence-electron chi connectivity index (χ1n) is 4.79. The molecule has 1 aromatic heterocycles. The summed E-state index contributed by atoms with van der Waals surface area (Å²) in [6, 6.07) is 3.32. The van der Waals surface area contributed by atoms with Crippen molar-refractivity contribution < 1.29 is 14.6 Å². The lowest BCUT2D eigenvalue weighted by Crippen LogP contribution is -2.27. The van der Waals surface area contributed by atoms with Crippen molar-refractivity contribution in [2.24, 2.45) is 5.92 Å². The molecule has 0 spiro atoms. The van der Waals surface area contributed by atoms with Crippen LogP contribution in [-0.2, 0) is 0 Å². The van der Waals surface area contributed by atoms with Crippen LogP contribution in [0.5, 0.6) is 5.75 Å². The van der Waals surface area contributed by atoms with Crippen molar-refractivity contribution in [1.82, 2.24) is 4.98 Å². The van der Waals surface area contributed by atoms with Gasteiger partial charge in [0.25, 0.3) is 0 Å². The van der Waals surface area contributed by atoms with Crippen LogP contribution in [0, 0.1) is 5.92 Å². The van der Waals surface area contributed by atoms with Gasteiger partial charge in [0.2, 0.25) is 5.78 Å². The summed E-state index contributed by atoms with van der Waals surface area (Å²) < 4.78 is 5.00. The number of hydrogen-bond donors (Lipinski definition) is 1. The minimum absolute atomic E-state index is 0.135. The molecule has 1 heterocycles. The zero-order valence-electron chi connectivity index (χ0n) is 9.10. The van der Waals surface area contributed by atoms with Crippen LogP contribution in [0.2, 0.25) is 0 Å². The van der Waals surface area contributed by atoms with Gasteiger partial charge in [-0.15, -0.1) is 0 Å². The average Bonchev–Trinajstić information content (AvgIpc) is 2.26. The van der Waals surface area contributed by atoms with E-state index in [4.69, 9.17) is 4.74 Å². The van der Waals surface area contributed by atoms with Crippen molar-refractivity contribution in [3.05, 3.63) is 24.0 Å². The maximum Gasteiger partial charge on any atom is 0.213 e. The zero-order valence-corrected chi connectivity index (χ0v) is 9.10. The van der Waals surface area contributed by atoms with Gasteiger partial charge in [-0.3, -0.25) is 4.79 Å². The van der Waals surface area contributed by atoms with Gasteiger partial charge in [0.15, 0.2) is 5.69 Å². The standard InChI is InChI=1S/C11H15NO3/c1-7(2)10(13)11(14)9-8(15-3)5-4-6-12-9/h4-7,10,13H,1-3H3. The Labute approximate surface area is 88.9 Å². The Morgan fingerprint density at radius 3 is 2.73 bits per heavy atom. The smallest absolute Gasteiger partial charge is 0.213 e. The Hall–Kier alpha value is -1.42. The molecule has 0 fully saturated rings. The van der Waals surface area contributed by atoms with Crippen LogP contribution in [0.4, 0.5) is 0 Å². The van der Waals surface area contributed by atoms with Crippen LogP contribution < -0.4 is 4.74 Å². The lowest BCUT2D eigenvalue weighted by atomic mass is 10.0. The molecule has 0 saturated carbocycles. The zero-order chi connectivity index (χ0) is 11.4. The molecular formula is C11H15NO3. The van der Waals surface area contributed by atoms with Crippen molar-refractivity contribution in [2.75, 3.05) is 7.11 Å². The maximum atomic E-state index is 11.8. The highest BCUT2D eigenvalue weighted by atomic mass is 16.5. The highest BCUT2D eigenvalue weighted by Crippen LogP contribution is 2.18. The third kappa shape index (κ3) is 2.53. The molecule has 4 nitrogen and oxygen atoms in total. The van der Waals surface area contributed by atoms with Gasteiger partial charge in [-0.2, -0.15) is 0 Å². The fraction of sp³-hybridized carbons (Fsp3) is 0.455. The molecule has 0 aliphatic heterocycles. The number of aromatic nitrogens is 1. The Balaban J connectivity index is 3.00. The summed E-state index contributed by atoms with van der Waals surface area (Å²) in [5.41, 5.74) is 0.182. The van der Waals surface area contributed by atoms with E-state index in [-0.39, 0.29) is 11.6 Å². The molecule has 15 heavy (non-hydrogen) atoms. The van der Waals surface area contributed by atoms with Crippen molar-refractivity contribution in [2.45, 2.75) is 20.0 Å². The maximum absolute atomic E-state index is 11.8. The Morgan fingerprint density at radius 2 is 2.20 bits per heavy atom. The number of aliphatic hydroxyl groups is 1. The van der Waals surface area contributed by atoms with Gasteiger partial charge in [-0.1, -0.05) is 13.8 Å². The van der Waals surface area contributed by atoms with Crippen LogP contribution in [0.15, 0.2) is 18.3 Å². The number of pyridine rings is 1. The average molecular weight is 209 g/mol. The third-order valence-electron chi connectivity index (χ3n) is 2.12. The molecule has 1 rings (SSSR count). The number of ether oxygens (including phenoxy) is 1. The van der Waals surface area contributed by atoms with Gasteiger partial charge in [0, 0.05) is 6.20 Å². The number of methoxy groups -OCH3 is 1. The van der Waals surface area contributed by atoms with Gasteiger partial charge < -0.3 is 9.84 Å². The topological polar surface area (TPSA) is 59.4 Å². The van der Waals surface area contributed by atoms with Crippen molar-refractivity contribution >= 4 is 5.78 Å². The Morgan fingerprint density at radius 1 is 1.53 bits per heavy atom. The number of Topliss-reactive ketones (excluding diaryl/α,β-unsaturated/α-hetero) is 1. The summed E-state index contributed by atoms with van der Waals surface area (Å²) in [7, 11) is 1.47. The predicted octanol–water partition coefficient (Wildman–Crippen LogP) is 1.29. The van der Waals surface area contributed by atoms with E-state index in [2.05, 4.69) is 4.98 Å². The van der Waals surface area contributed by atoms with Crippen LogP contribution in [0.3, 0.4) is 0 Å². The van der Waals surface area contributed by atoms with Gasteiger partial charge in [0.1, 0.15) is 11.9 Å². The number of ketones is 1. The van der Waals surface area contributed by atoms with Gasteiger partial charge in [-0.05, 0) is 18.1 Å². The second kappa shape index (κ2) is 4.89. The highest BCUT2D eigenvalue weighted by Gasteiger charge is 2.24. The van der Waals surface area contributed by atoms with Gasteiger partial charge >= 0.3 is 0 Å². The highest BCUT2D eigenvalue weighted by molar-refractivity contribution is 5.99. The van der Waals surface area contributed by atoms with Crippen LogP contribution in [0.1, 0.15) is 24.3 Å². The van der Waals surface area contributed by atoms with E-state index < -0.39 is 11.9 Å². The number of carbonyl (C=O) groups excluding carboxylic acids is 1. The molecule has 0 amide bonds. The Bertz CT molecular complexity index is 349. The molecule has 0 bridgehead atoms. The predicted molar refractivity (Wildman–Crippen MR) is 56.0 cm³/mol. The minimum Gasteiger partial charge on any atom is -0.494 e. The normalized spacial score (nSPS) is 12.6. The molecule has 0 radical (unpaired) electrons. The molecule has 1 N–H and O–H groups in total. The summed E-state index contributed by atoms with van der Waals surface area (Å²) >= 11 is 0. The summed E-state index contributed by atoms with van der Waals surface area (Å²) in [6.07, 6.45) is 0.469. The first-order valence-corrected chi connectivity index (χ1v) is 4.79. The van der Waals surface area contributed by atoms with Crippen molar-refractivity contribution in [3.8, 4) is 5.75 Å². The molecule has 0 saturated heterocycles. The minimum atomic E-state index is -1.03. The van der Waals surface area contributed by atoms with E-state index in [1.165, 1.54) is 13.3 Å². The van der Waals surface area contributed by atoms with E-state index in [1.807, 2.05) is 0 Å². The molecule has 1 aromatic rings. The first kappa shape index (κ1) is 11.7. The van der Waals surface area contributed by atoms with Crippen LogP contribution in [0.25, 0.3) is 0 Å². The number of carbonyl (C=O) groups is 1. The second-order valence-corrected chi connectivity index (χ2v) is 3.61. The molecule has 82 valence electrons. The number of nitrogens with zero attached hydrogens (tertiary/aromatic N) is 1. The van der Waals surface area contributed by atoms with Crippen molar-refractivity contribution in [1.29, 1.82) is 0 Å². The number of rotatable bonds is 4. The van der Waals surface area contributed by atoms with E-state index >= 15 is 0 Å². The Kier molecular flexibility index (Phi) is 3.80. The SMILES string of the molecule is COc1cccnc1C(=O)C(O)C(C)C. The lowest BCUT2D eigenvalue weighted by molar-refractivity contribution is 0.0639. The summed E-state index contributed by atoms with van der Waals surface area (Å²) in [5, 5.41) is 9.62. The largest absolute Gasteiger partial charge is 0.494 e. The monoisotopic (exact) mass is 209 g/mol. The number of hydrogen-bond acceptors (Lipinski definition) is 4. The third-order valence-corrected chi connectivity index (χ3v) is 2.12. The van der Waals surface area contributed by atoms with Gasteiger partial charge in [-0.25, -0.2) is 4.98 Å². The molecule has 1 unspecified atom stereocenters. The van der Waals surface area contributed by atoms with Gasteiger partial charge in [0.05, 0.1) is 7.11 Å². The molecule has 0 aromatic carbocycles. The van der Waals surface area contributed by atoms with Crippen LogP contribution in [-0.4, -0.2) is 29.1 Å². The molecule has 0 aliphatic carbocycles. The summed E-state index contributed by atoms with van der Waals surface area (Å²) in [4.78, 5) is 15.7. The van der Waals surface area contributed by atoms with E-state index in [0.717, 1.165) is 0 Å². The first-order chi connectivity index (χ1) is 7.07. The molecular weight excluding hydrogens is 194 g/mol. The molecule has 1 atom stereocenters. The number of aliphatic hydroxyl groups excluding tert-OH is 1. The lowest BCUT2D eigenvalue weighted by Gasteiger charge is -2.13. The molecule has 0 aliphatic rings. The van der Waals surface area contributed by atoms with Crippen LogP contribution >= 0.6 is 0 Å². The summed E-state index contributed by atoms with van der Waals surface area (Å²) in [6.45, 7) is 3.55. The van der Waals surface area contributed by atoms with Crippen molar-refractivity contribution in [3.63, 3.8) is 0 Å². The fourth-order valence-corrected chi connectivity index (χ4v) is 1.18. The second-order valence-electron chi connectivity index (χ2n) is 3.61. The summed E-state index contributed by atoms with van der Waals surface area (Å²) in [5.74, 6) is -0.145. The van der Waals surface area contributed by atoms with E-state index in [9.17, 15) is 9.90 Å². The quantitative estimate of drug-likeness (QED) is 0.759. The van der Waals surface area contributed by atoms with E-state index in [1.54, 1.807) is 26.0 Å². The molecule has 4 heteroatoms. The van der Waals surface area contributed by atoms with E-state index in [0.29, 0.717) is 5.75 Å².